The molecule has 0 radical (unpaired) electrons. The summed E-state index contributed by atoms with van der Waals surface area (Å²) in [7, 11) is 0. The Labute approximate surface area is 187 Å². The van der Waals surface area contributed by atoms with Gasteiger partial charge in [-0.1, -0.05) is 35.0 Å². The SMILES string of the molecule is CC[C@@H](C)Nc1nc(Nc2ccc(Br)cc2C)cc(-c2cccc(OC(F)(F)F)c2)n1. The first-order valence-corrected chi connectivity index (χ1v) is 10.5. The van der Waals surface area contributed by atoms with Crippen LogP contribution >= 0.6 is 15.9 Å². The monoisotopic (exact) mass is 494 g/mol. The van der Waals surface area contributed by atoms with Crippen LogP contribution in [0.1, 0.15) is 25.8 Å². The highest BCUT2D eigenvalue weighted by Gasteiger charge is 2.31. The van der Waals surface area contributed by atoms with Crippen molar-refractivity contribution in [2.75, 3.05) is 10.6 Å². The van der Waals surface area contributed by atoms with E-state index in [1.807, 2.05) is 39.0 Å². The Bertz CT molecular complexity index is 1060. The molecule has 1 aromatic heterocycles. The third-order valence-electron chi connectivity index (χ3n) is 4.53. The number of aromatic nitrogens is 2. The standard InChI is InChI=1S/C22H22BrF3N4O/c1-4-14(3)27-21-29-19(15-6-5-7-17(11-15)31-22(24,25)26)12-20(30-21)28-18-9-8-16(23)10-13(18)2/h5-12,14H,4H2,1-3H3,(H2,27,28,29,30)/t14-/m1/s1. The quantitative estimate of drug-likeness (QED) is 0.367. The Hall–Kier alpha value is -2.81. The molecular formula is C22H22BrF3N4O. The zero-order chi connectivity index (χ0) is 22.6. The van der Waals surface area contributed by atoms with E-state index in [1.54, 1.807) is 12.1 Å². The van der Waals surface area contributed by atoms with E-state index < -0.39 is 6.36 Å². The minimum absolute atomic E-state index is 0.123. The van der Waals surface area contributed by atoms with E-state index in [4.69, 9.17) is 0 Å². The number of hydrogen-bond donors (Lipinski definition) is 2. The van der Waals surface area contributed by atoms with Gasteiger partial charge in [0.15, 0.2) is 0 Å². The average Bonchev–Trinajstić information content (AvgIpc) is 2.69. The van der Waals surface area contributed by atoms with Crippen molar-refractivity contribution in [3.05, 3.63) is 58.6 Å². The predicted octanol–water partition coefficient (Wildman–Crippen LogP) is 7.07. The molecule has 164 valence electrons. The second kappa shape index (κ2) is 9.55. The van der Waals surface area contributed by atoms with Crippen LogP contribution in [0.5, 0.6) is 5.75 Å². The first-order chi connectivity index (χ1) is 14.6. The first kappa shape index (κ1) is 22.9. The highest BCUT2D eigenvalue weighted by molar-refractivity contribution is 9.10. The van der Waals surface area contributed by atoms with Crippen molar-refractivity contribution in [1.29, 1.82) is 0 Å². The molecule has 1 heterocycles. The lowest BCUT2D eigenvalue weighted by molar-refractivity contribution is -0.274. The van der Waals surface area contributed by atoms with Gasteiger partial charge >= 0.3 is 6.36 Å². The molecule has 3 aromatic rings. The highest BCUT2D eigenvalue weighted by atomic mass is 79.9. The number of anilines is 3. The third kappa shape index (κ3) is 6.58. The van der Waals surface area contributed by atoms with Crippen LogP contribution < -0.4 is 15.4 Å². The summed E-state index contributed by atoms with van der Waals surface area (Å²) >= 11 is 3.44. The number of nitrogens with one attached hydrogen (secondary N) is 2. The van der Waals surface area contributed by atoms with Crippen molar-refractivity contribution in [2.45, 2.75) is 39.6 Å². The van der Waals surface area contributed by atoms with Crippen LogP contribution in [0, 0.1) is 6.92 Å². The Morgan fingerprint density at radius 2 is 1.87 bits per heavy atom. The largest absolute Gasteiger partial charge is 0.573 e. The van der Waals surface area contributed by atoms with Crippen molar-refractivity contribution in [2.24, 2.45) is 0 Å². The smallest absolute Gasteiger partial charge is 0.406 e. The lowest BCUT2D eigenvalue weighted by Gasteiger charge is -2.16. The molecule has 0 aliphatic heterocycles. The van der Waals surface area contributed by atoms with Gasteiger partial charge in [-0.2, -0.15) is 4.98 Å². The third-order valence-corrected chi connectivity index (χ3v) is 5.02. The zero-order valence-electron chi connectivity index (χ0n) is 17.2. The highest BCUT2D eigenvalue weighted by Crippen LogP contribution is 2.30. The molecule has 3 rings (SSSR count). The summed E-state index contributed by atoms with van der Waals surface area (Å²) in [4.78, 5) is 9.03. The summed E-state index contributed by atoms with van der Waals surface area (Å²) < 4.78 is 42.9. The molecule has 2 N–H and O–H groups in total. The van der Waals surface area contributed by atoms with Crippen LogP contribution in [-0.2, 0) is 0 Å². The maximum Gasteiger partial charge on any atom is 0.573 e. The maximum atomic E-state index is 12.6. The van der Waals surface area contributed by atoms with Gasteiger partial charge in [-0.3, -0.25) is 0 Å². The Kier molecular flexibility index (Phi) is 7.04. The number of halogens is 4. The molecule has 0 aliphatic rings. The van der Waals surface area contributed by atoms with Crippen molar-refractivity contribution in [3.8, 4) is 17.0 Å². The van der Waals surface area contributed by atoms with Crippen molar-refractivity contribution in [3.63, 3.8) is 0 Å². The fourth-order valence-electron chi connectivity index (χ4n) is 2.80. The molecular weight excluding hydrogens is 473 g/mol. The number of alkyl halides is 3. The van der Waals surface area contributed by atoms with E-state index in [2.05, 4.69) is 41.3 Å². The molecule has 9 heteroatoms. The molecule has 2 aromatic carbocycles. The number of hydrogen-bond acceptors (Lipinski definition) is 5. The number of aryl methyl sites for hydroxylation is 1. The van der Waals surface area contributed by atoms with Crippen molar-refractivity contribution < 1.29 is 17.9 Å². The second-order valence-corrected chi connectivity index (χ2v) is 7.99. The molecule has 0 amide bonds. The van der Waals surface area contributed by atoms with Gasteiger partial charge in [0.25, 0.3) is 0 Å². The summed E-state index contributed by atoms with van der Waals surface area (Å²) in [5.74, 6) is 0.591. The topological polar surface area (TPSA) is 59.1 Å². The molecule has 0 saturated carbocycles. The van der Waals surface area contributed by atoms with Gasteiger partial charge in [0.05, 0.1) is 5.69 Å². The van der Waals surface area contributed by atoms with E-state index in [9.17, 15) is 13.2 Å². The fourth-order valence-corrected chi connectivity index (χ4v) is 3.28. The zero-order valence-corrected chi connectivity index (χ0v) is 18.8. The molecule has 5 nitrogen and oxygen atoms in total. The van der Waals surface area contributed by atoms with Crippen LogP contribution in [0.25, 0.3) is 11.3 Å². The summed E-state index contributed by atoms with van der Waals surface area (Å²) in [6.07, 6.45) is -3.91. The van der Waals surface area contributed by atoms with Gasteiger partial charge < -0.3 is 15.4 Å². The number of rotatable bonds is 7. The van der Waals surface area contributed by atoms with Gasteiger partial charge in [-0.25, -0.2) is 4.98 Å². The molecule has 0 bridgehead atoms. The molecule has 0 fully saturated rings. The summed E-state index contributed by atoms with van der Waals surface area (Å²) in [6, 6.07) is 13.3. The van der Waals surface area contributed by atoms with Gasteiger partial charge in [-0.05, 0) is 56.2 Å². The Morgan fingerprint density at radius 3 is 2.55 bits per heavy atom. The molecule has 1 atom stereocenters. The molecule has 31 heavy (non-hydrogen) atoms. The number of benzene rings is 2. The molecule has 0 unspecified atom stereocenters. The van der Waals surface area contributed by atoms with Crippen LogP contribution in [0.2, 0.25) is 0 Å². The molecule has 0 saturated heterocycles. The molecule has 0 aliphatic carbocycles. The van der Waals surface area contributed by atoms with Gasteiger partial charge in [-0.15, -0.1) is 13.2 Å². The van der Waals surface area contributed by atoms with Crippen LogP contribution in [0.3, 0.4) is 0 Å². The van der Waals surface area contributed by atoms with Crippen LogP contribution in [-0.4, -0.2) is 22.4 Å². The van der Waals surface area contributed by atoms with Crippen molar-refractivity contribution >= 4 is 33.4 Å². The van der Waals surface area contributed by atoms with E-state index in [0.29, 0.717) is 23.0 Å². The van der Waals surface area contributed by atoms with Gasteiger partial charge in [0, 0.05) is 27.8 Å². The second-order valence-electron chi connectivity index (χ2n) is 7.08. The van der Waals surface area contributed by atoms with E-state index in [-0.39, 0.29) is 11.8 Å². The van der Waals surface area contributed by atoms with Crippen LogP contribution in [0.15, 0.2) is 53.0 Å². The summed E-state index contributed by atoms with van der Waals surface area (Å²) in [5.41, 5.74) is 2.81. The lowest BCUT2D eigenvalue weighted by Crippen LogP contribution is -2.17. The summed E-state index contributed by atoms with van der Waals surface area (Å²) in [6.45, 7) is 6.00. The average molecular weight is 495 g/mol. The minimum Gasteiger partial charge on any atom is -0.406 e. The minimum atomic E-state index is -4.76. The van der Waals surface area contributed by atoms with Crippen molar-refractivity contribution in [1.82, 2.24) is 9.97 Å². The number of ether oxygens (including phenoxy) is 1. The van der Waals surface area contributed by atoms with E-state index in [1.165, 1.54) is 18.2 Å². The number of nitrogens with zero attached hydrogens (tertiary/aromatic N) is 2. The predicted molar refractivity (Wildman–Crippen MR) is 120 cm³/mol. The van der Waals surface area contributed by atoms with Gasteiger partial charge in [0.2, 0.25) is 5.95 Å². The molecule has 0 spiro atoms. The summed E-state index contributed by atoms with van der Waals surface area (Å²) in [5, 5.41) is 6.49. The van der Waals surface area contributed by atoms with E-state index >= 15 is 0 Å². The Morgan fingerprint density at radius 1 is 1.10 bits per heavy atom. The lowest BCUT2D eigenvalue weighted by atomic mass is 10.1. The van der Waals surface area contributed by atoms with Gasteiger partial charge in [0.1, 0.15) is 11.6 Å². The first-order valence-electron chi connectivity index (χ1n) is 9.68. The van der Waals surface area contributed by atoms with E-state index in [0.717, 1.165) is 22.1 Å². The van der Waals surface area contributed by atoms with Crippen LogP contribution in [0.4, 0.5) is 30.6 Å². The fraction of sp³-hybridized carbons (Fsp3) is 0.273. The normalized spacial score (nSPS) is 12.4. The Balaban J connectivity index is 2.00. The maximum absolute atomic E-state index is 12.6.